The van der Waals surface area contributed by atoms with E-state index < -0.39 is 7.82 Å². The fraction of sp³-hybridized carbons (Fsp3) is 0.200. The molecule has 0 aliphatic heterocycles. The van der Waals surface area contributed by atoms with Crippen molar-refractivity contribution in [2.45, 2.75) is 0 Å². The van der Waals surface area contributed by atoms with Gasteiger partial charge in [-0.2, -0.15) is 0 Å². The molecule has 0 spiro atoms. The Morgan fingerprint density at radius 1 is 1.33 bits per heavy atom. The normalized spacial score (nSPS) is 12.6. The second kappa shape index (κ2) is 7.08. The molecule has 0 aliphatic carbocycles. The van der Waals surface area contributed by atoms with Gasteiger partial charge in [0, 0.05) is 34.3 Å². The molecule has 0 aliphatic rings. The maximum atomic E-state index is 11.9. The molecule has 0 atom stereocenters. The minimum Gasteiger partial charge on any atom is -0.402 e. The molecule has 0 unspecified atom stereocenters. The molecule has 0 heterocycles. The van der Waals surface area contributed by atoms with Gasteiger partial charge in [0.25, 0.3) is 0 Å². The Labute approximate surface area is 127 Å². The monoisotopic (exact) mass is 418 g/mol. The van der Waals surface area contributed by atoms with Crippen LogP contribution in [0, 0.1) is 0 Å². The maximum Gasteiger partial charge on any atom is 0.529 e. The molecule has 4 nitrogen and oxygen atoms in total. The quantitative estimate of drug-likeness (QED) is 0.487. The van der Waals surface area contributed by atoms with Gasteiger partial charge >= 0.3 is 7.82 Å². The van der Waals surface area contributed by atoms with E-state index in [0.717, 1.165) is 14.5 Å². The first-order valence-electron chi connectivity index (χ1n) is 4.62. The molecule has 0 saturated carbocycles. The molecule has 0 radical (unpaired) electrons. The highest BCUT2D eigenvalue weighted by molar-refractivity contribution is 9.11. The van der Waals surface area contributed by atoms with Crippen molar-refractivity contribution in [2.75, 3.05) is 14.2 Å². The van der Waals surface area contributed by atoms with Crippen LogP contribution in [0.3, 0.4) is 0 Å². The van der Waals surface area contributed by atoms with Crippen molar-refractivity contribution in [3.05, 3.63) is 38.2 Å². The number of phosphoric acid groups is 1. The van der Waals surface area contributed by atoms with E-state index in [1.54, 1.807) is 12.1 Å². The fourth-order valence-corrected chi connectivity index (χ4v) is 2.80. The first-order chi connectivity index (χ1) is 8.45. The van der Waals surface area contributed by atoms with E-state index in [-0.39, 0.29) is 5.76 Å². The van der Waals surface area contributed by atoms with Gasteiger partial charge in [0.15, 0.2) is 5.76 Å². The second-order valence-electron chi connectivity index (χ2n) is 3.00. The maximum absolute atomic E-state index is 11.9. The number of hydrogen-bond acceptors (Lipinski definition) is 4. The molecule has 100 valence electrons. The van der Waals surface area contributed by atoms with Crippen molar-refractivity contribution in [2.24, 2.45) is 0 Å². The van der Waals surface area contributed by atoms with E-state index in [0.29, 0.717) is 5.56 Å². The Morgan fingerprint density at radius 2 is 1.94 bits per heavy atom. The third-order valence-corrected chi connectivity index (χ3v) is 4.65. The molecule has 0 fully saturated rings. The van der Waals surface area contributed by atoms with Crippen molar-refractivity contribution in [3.63, 3.8) is 0 Å². The lowest BCUT2D eigenvalue weighted by Gasteiger charge is -2.17. The summed E-state index contributed by atoms with van der Waals surface area (Å²) in [6.07, 6.45) is 0. The highest BCUT2D eigenvalue weighted by Crippen LogP contribution is 2.52. The van der Waals surface area contributed by atoms with E-state index >= 15 is 0 Å². The van der Waals surface area contributed by atoms with Crippen LogP contribution in [-0.2, 0) is 18.1 Å². The van der Waals surface area contributed by atoms with Gasteiger partial charge in [0.05, 0.1) is 0 Å². The third kappa shape index (κ3) is 4.08. The van der Waals surface area contributed by atoms with Gasteiger partial charge in [-0.25, -0.2) is 4.57 Å². The molecule has 0 N–H and O–H groups in total. The zero-order valence-corrected chi connectivity index (χ0v) is 14.3. The van der Waals surface area contributed by atoms with E-state index in [9.17, 15) is 4.57 Å². The van der Waals surface area contributed by atoms with E-state index in [1.807, 2.05) is 6.07 Å². The zero-order chi connectivity index (χ0) is 13.8. The summed E-state index contributed by atoms with van der Waals surface area (Å²) < 4.78 is 28.0. The molecule has 1 aromatic rings. The first-order valence-corrected chi connectivity index (χ1v) is 8.11. The van der Waals surface area contributed by atoms with Crippen LogP contribution in [0.1, 0.15) is 5.56 Å². The predicted octanol–water partition coefficient (Wildman–Crippen LogP) is 5.17. The minimum atomic E-state index is -3.64. The smallest absolute Gasteiger partial charge is 0.402 e. The van der Waals surface area contributed by atoms with E-state index in [4.69, 9.17) is 25.2 Å². The molecule has 0 aromatic heterocycles. The zero-order valence-electron chi connectivity index (χ0n) is 9.52. The van der Waals surface area contributed by atoms with Crippen molar-refractivity contribution >= 4 is 57.0 Å². The van der Waals surface area contributed by atoms with Crippen LogP contribution in [0.2, 0.25) is 0 Å². The molecule has 0 saturated heterocycles. The Hall–Kier alpha value is 0.160. The number of halogens is 3. The molecular weight excluding hydrogens is 410 g/mol. The third-order valence-electron chi connectivity index (χ3n) is 1.95. The largest absolute Gasteiger partial charge is 0.529 e. The summed E-state index contributed by atoms with van der Waals surface area (Å²) in [5.41, 5.74) is 1.78. The van der Waals surface area contributed by atoms with Crippen LogP contribution < -0.4 is 0 Å². The standard InChI is InChI=1S/C10H10Br2ClO4P/c1-15-18(14,16-2)17-10(6-13)8-5-7(11)3-4-9(8)12/h3-6H,1-2H3. The summed E-state index contributed by atoms with van der Waals surface area (Å²) in [6, 6.07) is 5.40. The molecule has 8 heteroatoms. The summed E-state index contributed by atoms with van der Waals surface area (Å²) in [7, 11) is -1.19. The van der Waals surface area contributed by atoms with Gasteiger partial charge < -0.3 is 4.52 Å². The molecule has 1 aromatic carbocycles. The van der Waals surface area contributed by atoms with E-state index in [2.05, 4.69) is 31.9 Å². The van der Waals surface area contributed by atoms with Crippen molar-refractivity contribution < 1.29 is 18.1 Å². The topological polar surface area (TPSA) is 44.8 Å². The molecule has 18 heavy (non-hydrogen) atoms. The van der Waals surface area contributed by atoms with Gasteiger partial charge in [-0.15, -0.1) is 0 Å². The van der Waals surface area contributed by atoms with Crippen molar-refractivity contribution in [1.29, 1.82) is 0 Å². The van der Waals surface area contributed by atoms with E-state index in [1.165, 1.54) is 14.2 Å². The van der Waals surface area contributed by atoms with Gasteiger partial charge in [-0.05, 0) is 18.2 Å². The number of rotatable bonds is 5. The fourth-order valence-electron chi connectivity index (χ4n) is 1.08. The number of benzene rings is 1. The average molecular weight is 420 g/mol. The Bertz CT molecular complexity index is 499. The lowest BCUT2D eigenvalue weighted by Crippen LogP contribution is -1.96. The highest BCUT2D eigenvalue weighted by atomic mass is 79.9. The molecular formula is C10H10Br2ClO4P. The summed E-state index contributed by atoms with van der Waals surface area (Å²) >= 11 is 12.4. The Balaban J connectivity index is 3.12. The van der Waals surface area contributed by atoms with Crippen LogP contribution in [-0.4, -0.2) is 14.2 Å². The second-order valence-corrected chi connectivity index (χ2v) is 6.80. The van der Waals surface area contributed by atoms with Crippen LogP contribution in [0.25, 0.3) is 5.76 Å². The van der Waals surface area contributed by atoms with Gasteiger partial charge in [0.1, 0.15) is 0 Å². The molecule has 1 rings (SSSR count). The lowest BCUT2D eigenvalue weighted by atomic mass is 10.2. The minimum absolute atomic E-state index is 0.178. The van der Waals surface area contributed by atoms with Crippen molar-refractivity contribution in [3.8, 4) is 0 Å². The summed E-state index contributed by atoms with van der Waals surface area (Å²) in [5.74, 6) is 0.178. The van der Waals surface area contributed by atoms with Crippen LogP contribution in [0.4, 0.5) is 0 Å². The summed E-state index contributed by atoms with van der Waals surface area (Å²) in [5, 5.41) is 0. The van der Waals surface area contributed by atoms with Crippen LogP contribution in [0.15, 0.2) is 32.7 Å². The molecule has 0 amide bonds. The van der Waals surface area contributed by atoms with Crippen LogP contribution >= 0.6 is 51.3 Å². The van der Waals surface area contributed by atoms with Gasteiger partial charge in [0.2, 0.25) is 0 Å². The number of phosphoric ester groups is 1. The van der Waals surface area contributed by atoms with Crippen molar-refractivity contribution in [1.82, 2.24) is 0 Å². The first kappa shape index (κ1) is 16.2. The number of hydrogen-bond donors (Lipinski definition) is 0. The molecule has 0 bridgehead atoms. The Morgan fingerprint density at radius 3 is 2.44 bits per heavy atom. The average Bonchev–Trinajstić information content (AvgIpc) is 2.39. The van der Waals surface area contributed by atoms with Gasteiger partial charge in [-0.1, -0.05) is 43.5 Å². The summed E-state index contributed by atoms with van der Waals surface area (Å²) in [6.45, 7) is 0. The Kier molecular flexibility index (Phi) is 6.38. The SMILES string of the molecule is COP(=O)(OC)OC(=CCl)c1cc(Br)ccc1Br. The van der Waals surface area contributed by atoms with Gasteiger partial charge in [-0.3, -0.25) is 9.05 Å². The predicted molar refractivity (Wildman–Crippen MR) is 78.4 cm³/mol. The van der Waals surface area contributed by atoms with Crippen LogP contribution in [0.5, 0.6) is 0 Å². The summed E-state index contributed by atoms with van der Waals surface area (Å²) in [4.78, 5) is 0. The highest BCUT2D eigenvalue weighted by Gasteiger charge is 2.27. The lowest BCUT2D eigenvalue weighted by molar-refractivity contribution is 0.201.